The molecular formula is C25H19FN2O5S. The van der Waals surface area contributed by atoms with Crippen LogP contribution in [-0.4, -0.2) is 28.9 Å². The molecule has 1 N–H and O–H groups in total. The molecule has 2 aromatic carbocycles. The molecule has 0 radical (unpaired) electrons. The van der Waals surface area contributed by atoms with Gasteiger partial charge in [0.1, 0.15) is 28.8 Å². The number of fused-ring (bicyclic) bond motifs is 1. The van der Waals surface area contributed by atoms with Crippen molar-refractivity contribution in [3.63, 3.8) is 0 Å². The molecule has 0 aliphatic carbocycles. The van der Waals surface area contributed by atoms with E-state index in [1.807, 2.05) is 0 Å². The van der Waals surface area contributed by atoms with Gasteiger partial charge in [0.05, 0.1) is 34.5 Å². The fraction of sp³-hybridized carbons (Fsp3) is 0.160. The summed E-state index contributed by atoms with van der Waals surface area (Å²) in [5.74, 6) is -0.924. The number of anilines is 1. The second-order valence-electron chi connectivity index (χ2n) is 7.88. The Balaban J connectivity index is 1.73. The number of aliphatic hydroxyl groups is 1. The summed E-state index contributed by atoms with van der Waals surface area (Å²) in [6, 6.07) is 11.3. The van der Waals surface area contributed by atoms with E-state index < -0.39 is 23.5 Å². The first kappa shape index (κ1) is 21.8. The number of carbonyl (C=O) groups excluding carboxylic acids is 2. The van der Waals surface area contributed by atoms with Gasteiger partial charge in [-0.15, -0.1) is 0 Å². The van der Waals surface area contributed by atoms with Crippen molar-refractivity contribution in [3.8, 4) is 5.75 Å². The number of ether oxygens (including phenoxy) is 1. The molecular weight excluding hydrogens is 459 g/mol. The van der Waals surface area contributed by atoms with Crippen LogP contribution in [0, 0.1) is 19.7 Å². The van der Waals surface area contributed by atoms with Crippen molar-refractivity contribution in [2.75, 3.05) is 12.0 Å². The minimum atomic E-state index is -1.00. The second-order valence-corrected chi connectivity index (χ2v) is 8.89. The molecule has 1 unspecified atom stereocenters. The molecule has 1 amide bonds. The highest BCUT2D eigenvalue weighted by molar-refractivity contribution is 7.22. The predicted molar refractivity (Wildman–Crippen MR) is 126 cm³/mol. The first-order valence-corrected chi connectivity index (χ1v) is 11.2. The second kappa shape index (κ2) is 8.11. The topological polar surface area (TPSA) is 92.9 Å². The molecule has 5 rings (SSSR count). The Morgan fingerprint density at radius 1 is 1.15 bits per heavy atom. The Hall–Kier alpha value is -3.98. The van der Waals surface area contributed by atoms with E-state index in [0.29, 0.717) is 33.9 Å². The van der Waals surface area contributed by atoms with Crippen LogP contribution in [0.5, 0.6) is 5.75 Å². The summed E-state index contributed by atoms with van der Waals surface area (Å²) in [4.78, 5) is 32.3. The van der Waals surface area contributed by atoms with E-state index in [9.17, 15) is 19.1 Å². The molecule has 7 nitrogen and oxygen atoms in total. The summed E-state index contributed by atoms with van der Waals surface area (Å²) >= 11 is 1.21. The summed E-state index contributed by atoms with van der Waals surface area (Å²) in [5, 5.41) is 11.5. The number of Topliss-reactive ketones (excluding diaryl/α,β-unsaturated/α-hetero) is 1. The number of furan rings is 1. The Bertz CT molecular complexity index is 1480. The maximum atomic E-state index is 13.7. The number of aryl methyl sites for hydroxylation is 2. The fourth-order valence-electron chi connectivity index (χ4n) is 4.12. The number of halogens is 1. The van der Waals surface area contributed by atoms with Crippen molar-refractivity contribution < 1.29 is 28.2 Å². The minimum absolute atomic E-state index is 0.114. The van der Waals surface area contributed by atoms with E-state index >= 15 is 0 Å². The van der Waals surface area contributed by atoms with Crippen LogP contribution in [0.1, 0.15) is 28.7 Å². The molecule has 1 atom stereocenters. The highest BCUT2D eigenvalue weighted by Gasteiger charge is 2.48. The molecule has 172 valence electrons. The highest BCUT2D eigenvalue weighted by Crippen LogP contribution is 2.45. The summed E-state index contributed by atoms with van der Waals surface area (Å²) in [7, 11) is 1.55. The van der Waals surface area contributed by atoms with Gasteiger partial charge in [0, 0.05) is 0 Å². The average molecular weight is 479 g/mol. The van der Waals surface area contributed by atoms with Crippen molar-refractivity contribution in [2.24, 2.45) is 0 Å². The molecule has 0 saturated carbocycles. The zero-order valence-electron chi connectivity index (χ0n) is 18.5. The number of benzene rings is 2. The van der Waals surface area contributed by atoms with Gasteiger partial charge in [-0.2, -0.15) is 0 Å². The predicted octanol–water partition coefficient (Wildman–Crippen LogP) is 5.28. The first-order chi connectivity index (χ1) is 16.3. The van der Waals surface area contributed by atoms with Gasteiger partial charge in [0.25, 0.3) is 5.78 Å². The fourth-order valence-corrected chi connectivity index (χ4v) is 5.14. The lowest BCUT2D eigenvalue weighted by Crippen LogP contribution is -2.29. The molecule has 34 heavy (non-hydrogen) atoms. The van der Waals surface area contributed by atoms with Crippen LogP contribution >= 0.6 is 11.3 Å². The number of thiazole rings is 1. The van der Waals surface area contributed by atoms with Crippen molar-refractivity contribution in [2.45, 2.75) is 19.9 Å². The zero-order valence-corrected chi connectivity index (χ0v) is 19.3. The van der Waals surface area contributed by atoms with E-state index in [2.05, 4.69) is 4.98 Å². The summed E-state index contributed by atoms with van der Waals surface area (Å²) in [5.41, 5.74) is 1.28. The number of ketones is 1. The number of aromatic nitrogens is 1. The third-order valence-electron chi connectivity index (χ3n) is 5.72. The number of nitrogens with zero attached hydrogens (tertiary/aromatic N) is 2. The zero-order chi connectivity index (χ0) is 24.1. The molecule has 9 heteroatoms. The van der Waals surface area contributed by atoms with Crippen LogP contribution in [0.3, 0.4) is 0 Å². The molecule has 1 aliphatic heterocycles. The lowest BCUT2D eigenvalue weighted by Gasteiger charge is -2.22. The minimum Gasteiger partial charge on any atom is -0.507 e. The average Bonchev–Trinajstić information content (AvgIpc) is 3.46. The van der Waals surface area contributed by atoms with Crippen LogP contribution in [0.25, 0.3) is 16.0 Å². The Labute approximate surface area is 197 Å². The normalized spacial score (nSPS) is 17.6. The lowest BCUT2D eigenvalue weighted by molar-refractivity contribution is -0.132. The third kappa shape index (κ3) is 3.45. The SMILES string of the molecule is COc1ccc2nc(N3C(=O)C(=O)C(=C(O)c4cc(C)oc4C)C3c3ccc(F)cc3)sc2c1. The van der Waals surface area contributed by atoms with Gasteiger partial charge in [-0.05, 0) is 55.8 Å². The van der Waals surface area contributed by atoms with Crippen molar-refractivity contribution in [1.82, 2.24) is 4.98 Å². The van der Waals surface area contributed by atoms with E-state index in [-0.39, 0.29) is 16.5 Å². The first-order valence-electron chi connectivity index (χ1n) is 10.4. The smallest absolute Gasteiger partial charge is 0.301 e. The van der Waals surface area contributed by atoms with Gasteiger partial charge in [-0.1, -0.05) is 23.5 Å². The van der Waals surface area contributed by atoms with E-state index in [1.165, 1.54) is 40.5 Å². The number of methoxy groups -OCH3 is 1. The van der Waals surface area contributed by atoms with Crippen molar-refractivity contribution in [1.29, 1.82) is 0 Å². The number of rotatable bonds is 4. The van der Waals surface area contributed by atoms with Crippen LogP contribution in [0.15, 0.2) is 58.5 Å². The van der Waals surface area contributed by atoms with Crippen molar-refractivity contribution in [3.05, 3.63) is 82.6 Å². The number of carbonyl (C=O) groups is 2. The van der Waals surface area contributed by atoms with Crippen LogP contribution in [-0.2, 0) is 9.59 Å². The van der Waals surface area contributed by atoms with E-state index in [4.69, 9.17) is 9.15 Å². The van der Waals surface area contributed by atoms with E-state index in [0.717, 1.165) is 4.70 Å². The van der Waals surface area contributed by atoms with Gasteiger partial charge >= 0.3 is 5.91 Å². The molecule has 0 bridgehead atoms. The number of amides is 1. The number of hydrogen-bond donors (Lipinski definition) is 1. The van der Waals surface area contributed by atoms with Gasteiger partial charge in [-0.25, -0.2) is 9.37 Å². The Morgan fingerprint density at radius 3 is 2.53 bits per heavy atom. The van der Waals surface area contributed by atoms with Gasteiger partial charge in [0.15, 0.2) is 5.13 Å². The quantitative estimate of drug-likeness (QED) is 0.244. The molecule has 1 fully saturated rings. The molecule has 2 aromatic heterocycles. The molecule has 3 heterocycles. The van der Waals surface area contributed by atoms with Crippen molar-refractivity contribution >= 4 is 44.1 Å². The number of aliphatic hydroxyl groups excluding tert-OH is 1. The van der Waals surface area contributed by atoms with Crippen LogP contribution < -0.4 is 9.64 Å². The maximum absolute atomic E-state index is 13.7. The van der Waals surface area contributed by atoms with Gasteiger partial charge < -0.3 is 14.3 Å². The van der Waals surface area contributed by atoms with Gasteiger partial charge in [-0.3, -0.25) is 14.5 Å². The van der Waals surface area contributed by atoms with E-state index in [1.54, 1.807) is 45.2 Å². The summed E-state index contributed by atoms with van der Waals surface area (Å²) < 4.78 is 25.2. The third-order valence-corrected chi connectivity index (χ3v) is 6.73. The Morgan fingerprint density at radius 2 is 1.88 bits per heavy atom. The maximum Gasteiger partial charge on any atom is 0.301 e. The summed E-state index contributed by atoms with van der Waals surface area (Å²) in [6.45, 7) is 3.38. The number of hydrogen-bond acceptors (Lipinski definition) is 7. The molecule has 0 spiro atoms. The Kier molecular flexibility index (Phi) is 5.21. The molecule has 1 aliphatic rings. The lowest BCUT2D eigenvalue weighted by atomic mass is 9.95. The summed E-state index contributed by atoms with van der Waals surface area (Å²) in [6.07, 6.45) is 0. The van der Waals surface area contributed by atoms with Gasteiger partial charge in [0.2, 0.25) is 0 Å². The highest BCUT2D eigenvalue weighted by atomic mass is 32.1. The van der Waals surface area contributed by atoms with Crippen LogP contribution in [0.2, 0.25) is 0 Å². The monoisotopic (exact) mass is 478 g/mol. The molecule has 4 aromatic rings. The van der Waals surface area contributed by atoms with Crippen LogP contribution in [0.4, 0.5) is 9.52 Å². The standard InChI is InChI=1S/C25H19FN2O5S/c1-12-10-17(13(2)33-12)22(29)20-21(14-4-6-15(26)7-5-14)28(24(31)23(20)30)25-27-18-9-8-16(32-3)11-19(18)34-25/h4-11,21,29H,1-3H3. The molecule has 1 saturated heterocycles. The largest absolute Gasteiger partial charge is 0.507 e.